The number of aryl methyl sites for hydroxylation is 2. The summed E-state index contributed by atoms with van der Waals surface area (Å²) in [5.74, 6) is 0.489. The molecule has 2 atom stereocenters. The summed E-state index contributed by atoms with van der Waals surface area (Å²) >= 11 is 0. The minimum absolute atomic E-state index is 0.00750. The fourth-order valence-electron chi connectivity index (χ4n) is 5.69. The number of hydrogen-bond acceptors (Lipinski definition) is 7. The van der Waals surface area contributed by atoms with E-state index in [0.29, 0.717) is 42.9 Å². The Kier molecular flexibility index (Phi) is 6.94. The number of nitrogens with zero attached hydrogens (tertiary/aromatic N) is 4. The maximum absolute atomic E-state index is 14.1. The van der Waals surface area contributed by atoms with Crippen LogP contribution in [0.5, 0.6) is 0 Å². The highest BCUT2D eigenvalue weighted by Crippen LogP contribution is 2.40. The van der Waals surface area contributed by atoms with Gasteiger partial charge >= 0.3 is 6.18 Å². The molecule has 0 spiro atoms. The average Bonchev–Trinajstić information content (AvgIpc) is 3.39. The third-order valence-corrected chi connectivity index (χ3v) is 7.89. The first-order valence-corrected chi connectivity index (χ1v) is 13.3. The Labute approximate surface area is 225 Å². The summed E-state index contributed by atoms with van der Waals surface area (Å²) in [6.07, 6.45) is 0.385. The predicted octanol–water partition coefficient (Wildman–Crippen LogP) is 5.19. The number of aromatic amines is 1. The molecule has 0 aromatic carbocycles. The van der Waals surface area contributed by atoms with Crippen molar-refractivity contribution in [3.8, 4) is 11.3 Å². The highest BCUT2D eigenvalue weighted by molar-refractivity contribution is 5.97. The lowest BCUT2D eigenvalue weighted by molar-refractivity contribution is -0.137. The van der Waals surface area contributed by atoms with Crippen LogP contribution >= 0.6 is 0 Å². The predicted molar refractivity (Wildman–Crippen MR) is 139 cm³/mol. The van der Waals surface area contributed by atoms with Gasteiger partial charge in [-0.05, 0) is 65.9 Å². The number of fused-ring (bicyclic) bond motifs is 1. The molecule has 3 aromatic rings. The SMILES string of the molecule is Cc1noc(C)c1C(C)N1CCCc2c(-c3nc(NC4CCC(C)(C)NC4)ncc3C(F)(F)F)c[nH]c2C1=O. The summed E-state index contributed by atoms with van der Waals surface area (Å²) in [5.41, 5.74) is 1.46. The zero-order valence-electron chi connectivity index (χ0n) is 22.8. The van der Waals surface area contributed by atoms with Crippen molar-refractivity contribution in [2.75, 3.05) is 18.4 Å². The van der Waals surface area contributed by atoms with E-state index in [1.165, 1.54) is 6.20 Å². The summed E-state index contributed by atoms with van der Waals surface area (Å²) in [6.45, 7) is 10.9. The summed E-state index contributed by atoms with van der Waals surface area (Å²) in [6, 6.07) is -0.317. The number of amides is 1. The maximum Gasteiger partial charge on any atom is 0.419 e. The van der Waals surface area contributed by atoms with Crippen LogP contribution in [-0.4, -0.2) is 55.6 Å². The molecule has 39 heavy (non-hydrogen) atoms. The molecular formula is C27H34F3N7O2. The van der Waals surface area contributed by atoms with Crippen molar-refractivity contribution in [2.45, 2.75) is 84.1 Å². The van der Waals surface area contributed by atoms with E-state index in [4.69, 9.17) is 4.52 Å². The van der Waals surface area contributed by atoms with Crippen LogP contribution in [0.15, 0.2) is 16.9 Å². The number of rotatable bonds is 5. The highest BCUT2D eigenvalue weighted by Gasteiger charge is 2.38. The Balaban J connectivity index is 1.49. The van der Waals surface area contributed by atoms with E-state index >= 15 is 0 Å². The first kappa shape index (κ1) is 27.2. The van der Waals surface area contributed by atoms with E-state index in [9.17, 15) is 18.0 Å². The van der Waals surface area contributed by atoms with Crippen LogP contribution in [0, 0.1) is 13.8 Å². The zero-order chi connectivity index (χ0) is 28.1. The molecule has 9 nitrogen and oxygen atoms in total. The van der Waals surface area contributed by atoms with Gasteiger partial charge in [0.1, 0.15) is 17.0 Å². The van der Waals surface area contributed by atoms with E-state index in [-0.39, 0.29) is 46.4 Å². The molecular weight excluding hydrogens is 511 g/mol. The smallest absolute Gasteiger partial charge is 0.361 e. The van der Waals surface area contributed by atoms with Gasteiger partial charge in [-0.2, -0.15) is 13.2 Å². The van der Waals surface area contributed by atoms with Crippen molar-refractivity contribution in [2.24, 2.45) is 0 Å². The van der Waals surface area contributed by atoms with E-state index in [1.807, 2.05) is 13.8 Å². The van der Waals surface area contributed by atoms with Gasteiger partial charge in [-0.15, -0.1) is 0 Å². The van der Waals surface area contributed by atoms with Crippen LogP contribution in [0.4, 0.5) is 19.1 Å². The molecule has 5 rings (SSSR count). The van der Waals surface area contributed by atoms with Gasteiger partial charge in [0.15, 0.2) is 0 Å². The van der Waals surface area contributed by atoms with Crippen LogP contribution in [-0.2, 0) is 12.6 Å². The first-order valence-electron chi connectivity index (χ1n) is 13.3. The molecule has 1 amide bonds. The molecule has 0 radical (unpaired) electrons. The molecule has 5 heterocycles. The van der Waals surface area contributed by atoms with Gasteiger partial charge in [-0.1, -0.05) is 5.16 Å². The molecule has 1 fully saturated rings. The molecule has 210 valence electrons. The third-order valence-electron chi connectivity index (χ3n) is 7.89. The molecule has 2 aliphatic rings. The van der Waals surface area contributed by atoms with Crippen LogP contribution < -0.4 is 10.6 Å². The number of anilines is 1. The van der Waals surface area contributed by atoms with Crippen molar-refractivity contribution >= 4 is 11.9 Å². The highest BCUT2D eigenvalue weighted by atomic mass is 19.4. The van der Waals surface area contributed by atoms with E-state index in [0.717, 1.165) is 24.6 Å². The van der Waals surface area contributed by atoms with Crippen molar-refractivity contribution in [1.82, 2.24) is 30.3 Å². The molecule has 12 heteroatoms. The van der Waals surface area contributed by atoms with Crippen LogP contribution in [0.3, 0.4) is 0 Å². The van der Waals surface area contributed by atoms with Gasteiger partial charge < -0.3 is 25.0 Å². The summed E-state index contributed by atoms with van der Waals surface area (Å²) in [7, 11) is 0. The fraction of sp³-hybridized carbons (Fsp3) is 0.556. The minimum Gasteiger partial charge on any atom is -0.361 e. The number of halogens is 3. The number of piperidine rings is 1. The van der Waals surface area contributed by atoms with Gasteiger partial charge in [0.05, 0.1) is 17.4 Å². The lowest BCUT2D eigenvalue weighted by Crippen LogP contribution is -2.50. The number of alkyl halides is 3. The Bertz CT molecular complexity index is 1350. The van der Waals surface area contributed by atoms with Crippen molar-refractivity contribution in [3.05, 3.63) is 46.2 Å². The molecule has 2 unspecified atom stereocenters. The van der Waals surface area contributed by atoms with E-state index < -0.39 is 11.7 Å². The lowest BCUT2D eigenvalue weighted by atomic mass is 9.91. The second-order valence-electron chi connectivity index (χ2n) is 11.2. The Morgan fingerprint density at radius 2 is 2.05 bits per heavy atom. The van der Waals surface area contributed by atoms with Crippen LogP contribution in [0.25, 0.3) is 11.3 Å². The first-order chi connectivity index (χ1) is 18.4. The molecule has 0 bridgehead atoms. The number of H-pyrrole nitrogens is 1. The number of carbonyl (C=O) groups is 1. The lowest BCUT2D eigenvalue weighted by Gasteiger charge is -2.36. The second-order valence-corrected chi connectivity index (χ2v) is 11.2. The quantitative estimate of drug-likeness (QED) is 0.405. The average molecular weight is 546 g/mol. The van der Waals surface area contributed by atoms with Crippen molar-refractivity contribution in [1.29, 1.82) is 0 Å². The minimum atomic E-state index is -4.66. The molecule has 0 aliphatic carbocycles. The number of aromatic nitrogens is 4. The molecule has 2 aliphatic heterocycles. The number of carbonyl (C=O) groups excluding carboxylic acids is 1. The zero-order valence-corrected chi connectivity index (χ0v) is 22.8. The summed E-state index contributed by atoms with van der Waals surface area (Å²) < 4.78 is 47.6. The molecule has 1 saturated heterocycles. The summed E-state index contributed by atoms with van der Waals surface area (Å²) in [5, 5.41) is 10.6. The standard InChI is InChI=1S/C27H34F3N7O2/c1-14-21(16(3)39-36-14)15(2)37-10-6-7-18-19(12-31-23(18)24(37)38)22-20(27(28,29)30)13-32-25(35-22)34-17-8-9-26(4,5)33-11-17/h12-13,15,17,31,33H,6-11H2,1-5H3,(H,32,34,35). The number of nitrogens with one attached hydrogen (secondary N) is 3. The van der Waals surface area contributed by atoms with Gasteiger partial charge in [-0.3, -0.25) is 4.79 Å². The van der Waals surface area contributed by atoms with Crippen molar-refractivity contribution < 1.29 is 22.5 Å². The Morgan fingerprint density at radius 3 is 2.69 bits per heavy atom. The third kappa shape index (κ3) is 5.26. The van der Waals surface area contributed by atoms with E-state index in [1.54, 1.807) is 11.8 Å². The fourth-order valence-corrected chi connectivity index (χ4v) is 5.69. The van der Waals surface area contributed by atoms with Crippen LogP contribution in [0.2, 0.25) is 0 Å². The topological polar surface area (TPSA) is 112 Å². The molecule has 3 N–H and O–H groups in total. The van der Waals surface area contributed by atoms with Crippen LogP contribution in [0.1, 0.15) is 84.7 Å². The maximum atomic E-state index is 14.1. The Hall–Kier alpha value is -3.41. The normalized spacial score (nSPS) is 20.5. The molecule has 0 saturated carbocycles. The van der Waals surface area contributed by atoms with Crippen molar-refractivity contribution in [3.63, 3.8) is 0 Å². The Morgan fingerprint density at radius 1 is 1.28 bits per heavy atom. The molecule has 3 aromatic heterocycles. The van der Waals surface area contributed by atoms with Gasteiger partial charge in [0, 0.05) is 48.2 Å². The van der Waals surface area contributed by atoms with Gasteiger partial charge in [0.2, 0.25) is 5.95 Å². The summed E-state index contributed by atoms with van der Waals surface area (Å²) in [4.78, 5) is 26.7. The second kappa shape index (κ2) is 9.96. The largest absolute Gasteiger partial charge is 0.419 e. The van der Waals surface area contributed by atoms with Gasteiger partial charge in [-0.25, -0.2) is 9.97 Å². The van der Waals surface area contributed by atoms with Gasteiger partial charge in [0.25, 0.3) is 5.91 Å². The monoisotopic (exact) mass is 545 g/mol. The van der Waals surface area contributed by atoms with E-state index in [2.05, 4.69) is 44.6 Å². The number of hydrogen-bond donors (Lipinski definition) is 3.